The highest BCUT2D eigenvalue weighted by molar-refractivity contribution is 6.05. The molecule has 0 fully saturated rings. The number of aromatic nitrogens is 1. The van der Waals surface area contributed by atoms with Gasteiger partial charge in [0.1, 0.15) is 0 Å². The van der Waals surface area contributed by atoms with Gasteiger partial charge in [0.15, 0.2) is 11.6 Å². The van der Waals surface area contributed by atoms with Gasteiger partial charge in [-0.05, 0) is 24.3 Å². The summed E-state index contributed by atoms with van der Waals surface area (Å²) < 4.78 is 26.5. The Bertz CT molecular complexity index is 572. The highest BCUT2D eigenvalue weighted by Crippen LogP contribution is 2.17. The van der Waals surface area contributed by atoms with Gasteiger partial charge in [0.2, 0.25) is 0 Å². The number of benzene rings is 1. The van der Waals surface area contributed by atoms with Gasteiger partial charge in [-0.1, -0.05) is 6.07 Å². The second-order valence-corrected chi connectivity index (χ2v) is 3.68. The van der Waals surface area contributed by atoms with E-state index in [1.165, 1.54) is 30.3 Å². The zero-order valence-corrected chi connectivity index (χ0v) is 9.60. The van der Waals surface area contributed by atoms with E-state index in [4.69, 9.17) is 0 Å². The van der Waals surface area contributed by atoms with Crippen molar-refractivity contribution in [3.8, 4) is 0 Å². The molecule has 0 N–H and O–H groups in total. The standard InChI is InChI=1S/C13H10F2N2O/c1-17(9-4-3-7-16-8-9)13(18)10-5-2-6-11(14)12(10)15/h2-8H,1H3. The number of halogens is 2. The van der Waals surface area contributed by atoms with Crippen molar-refractivity contribution in [1.82, 2.24) is 4.98 Å². The fourth-order valence-electron chi connectivity index (χ4n) is 1.52. The van der Waals surface area contributed by atoms with Crippen LogP contribution in [-0.2, 0) is 0 Å². The molecule has 5 heteroatoms. The van der Waals surface area contributed by atoms with Gasteiger partial charge in [-0.15, -0.1) is 0 Å². The summed E-state index contributed by atoms with van der Waals surface area (Å²) in [5, 5.41) is 0. The predicted octanol–water partition coefficient (Wildman–Crippen LogP) is 2.64. The van der Waals surface area contributed by atoms with Crippen molar-refractivity contribution in [3.63, 3.8) is 0 Å². The lowest BCUT2D eigenvalue weighted by molar-refractivity contribution is 0.0988. The summed E-state index contributed by atoms with van der Waals surface area (Å²) in [4.78, 5) is 17.1. The normalized spacial score (nSPS) is 10.2. The number of carbonyl (C=O) groups is 1. The monoisotopic (exact) mass is 248 g/mol. The average Bonchev–Trinajstić information content (AvgIpc) is 2.41. The van der Waals surface area contributed by atoms with Gasteiger partial charge in [0.25, 0.3) is 5.91 Å². The first-order chi connectivity index (χ1) is 8.61. The molecule has 0 spiro atoms. The minimum Gasteiger partial charge on any atom is -0.310 e. The zero-order chi connectivity index (χ0) is 13.1. The largest absolute Gasteiger partial charge is 0.310 e. The van der Waals surface area contributed by atoms with E-state index in [-0.39, 0.29) is 5.56 Å². The second kappa shape index (κ2) is 4.91. The summed E-state index contributed by atoms with van der Waals surface area (Å²) in [6.07, 6.45) is 3.03. The first-order valence-electron chi connectivity index (χ1n) is 5.23. The van der Waals surface area contributed by atoms with E-state index < -0.39 is 17.5 Å². The van der Waals surface area contributed by atoms with E-state index in [2.05, 4.69) is 4.98 Å². The molecule has 0 radical (unpaired) electrons. The lowest BCUT2D eigenvalue weighted by atomic mass is 10.1. The van der Waals surface area contributed by atoms with Crippen LogP contribution in [-0.4, -0.2) is 17.9 Å². The van der Waals surface area contributed by atoms with Gasteiger partial charge in [-0.3, -0.25) is 9.78 Å². The van der Waals surface area contributed by atoms with E-state index in [1.807, 2.05) is 0 Å². The summed E-state index contributed by atoms with van der Waals surface area (Å²) in [5.74, 6) is -2.81. The van der Waals surface area contributed by atoms with Crippen LogP contribution in [0.25, 0.3) is 0 Å². The van der Waals surface area contributed by atoms with E-state index in [9.17, 15) is 13.6 Å². The first-order valence-corrected chi connectivity index (χ1v) is 5.23. The topological polar surface area (TPSA) is 33.2 Å². The number of pyridine rings is 1. The minimum absolute atomic E-state index is 0.304. The van der Waals surface area contributed by atoms with Crippen molar-refractivity contribution in [3.05, 3.63) is 59.9 Å². The average molecular weight is 248 g/mol. The van der Waals surface area contributed by atoms with Crippen LogP contribution in [0.15, 0.2) is 42.7 Å². The highest BCUT2D eigenvalue weighted by Gasteiger charge is 2.19. The molecule has 0 saturated heterocycles. The van der Waals surface area contributed by atoms with Crippen LogP contribution in [0.4, 0.5) is 14.5 Å². The number of nitrogens with zero attached hydrogens (tertiary/aromatic N) is 2. The molecule has 92 valence electrons. The van der Waals surface area contributed by atoms with Gasteiger partial charge in [0.05, 0.1) is 17.4 Å². The third-order valence-electron chi connectivity index (χ3n) is 2.52. The van der Waals surface area contributed by atoms with Crippen molar-refractivity contribution in [2.75, 3.05) is 11.9 Å². The Morgan fingerprint density at radius 2 is 2.00 bits per heavy atom. The molecule has 0 bridgehead atoms. The summed E-state index contributed by atoms with van der Waals surface area (Å²) in [6, 6.07) is 6.82. The van der Waals surface area contributed by atoms with Crippen LogP contribution in [0.1, 0.15) is 10.4 Å². The summed E-state index contributed by atoms with van der Waals surface area (Å²) in [7, 11) is 1.48. The fourth-order valence-corrected chi connectivity index (χ4v) is 1.52. The van der Waals surface area contributed by atoms with Crippen molar-refractivity contribution in [2.45, 2.75) is 0 Å². The molecule has 1 heterocycles. The number of carbonyl (C=O) groups excluding carboxylic acids is 1. The van der Waals surface area contributed by atoms with Crippen molar-refractivity contribution in [1.29, 1.82) is 0 Å². The van der Waals surface area contributed by atoms with Crippen LogP contribution in [0.5, 0.6) is 0 Å². The van der Waals surface area contributed by atoms with Crippen LogP contribution < -0.4 is 4.90 Å². The van der Waals surface area contributed by atoms with Gasteiger partial charge in [-0.25, -0.2) is 8.78 Å². The Balaban J connectivity index is 2.35. The number of hydrogen-bond acceptors (Lipinski definition) is 2. The Morgan fingerprint density at radius 3 is 2.67 bits per heavy atom. The molecule has 1 aromatic carbocycles. The molecular formula is C13H10F2N2O. The first kappa shape index (κ1) is 12.2. The molecule has 2 aromatic rings. The predicted molar refractivity (Wildman–Crippen MR) is 63.3 cm³/mol. The molecule has 0 unspecified atom stereocenters. The van der Waals surface area contributed by atoms with E-state index >= 15 is 0 Å². The zero-order valence-electron chi connectivity index (χ0n) is 9.60. The van der Waals surface area contributed by atoms with Gasteiger partial charge >= 0.3 is 0 Å². The smallest absolute Gasteiger partial charge is 0.261 e. The van der Waals surface area contributed by atoms with Gasteiger partial charge < -0.3 is 4.90 Å². The van der Waals surface area contributed by atoms with E-state index in [0.717, 1.165) is 6.07 Å². The number of hydrogen-bond donors (Lipinski definition) is 0. The maximum Gasteiger partial charge on any atom is 0.261 e. The molecule has 1 amide bonds. The molecule has 0 atom stereocenters. The molecule has 3 nitrogen and oxygen atoms in total. The lowest BCUT2D eigenvalue weighted by Gasteiger charge is -2.17. The van der Waals surface area contributed by atoms with Crippen molar-refractivity contribution < 1.29 is 13.6 Å². The molecule has 2 rings (SSSR count). The Hall–Kier alpha value is -2.30. The van der Waals surface area contributed by atoms with Crippen LogP contribution in [0, 0.1) is 11.6 Å². The molecule has 0 aliphatic carbocycles. The SMILES string of the molecule is CN(C(=O)c1cccc(F)c1F)c1cccnc1. The third kappa shape index (κ3) is 2.20. The third-order valence-corrected chi connectivity index (χ3v) is 2.52. The summed E-state index contributed by atoms with van der Waals surface area (Å²) in [6.45, 7) is 0. The molecule has 0 saturated carbocycles. The van der Waals surface area contributed by atoms with Crippen LogP contribution in [0.2, 0.25) is 0 Å². The molecule has 1 aromatic heterocycles. The summed E-state index contributed by atoms with van der Waals surface area (Å²) in [5.41, 5.74) is 0.201. The quantitative estimate of drug-likeness (QED) is 0.818. The van der Waals surface area contributed by atoms with Crippen LogP contribution >= 0.6 is 0 Å². The van der Waals surface area contributed by atoms with Crippen molar-refractivity contribution >= 4 is 11.6 Å². The second-order valence-electron chi connectivity index (χ2n) is 3.68. The minimum atomic E-state index is -1.14. The molecule has 0 aliphatic rings. The Morgan fingerprint density at radius 1 is 1.22 bits per heavy atom. The molecule has 18 heavy (non-hydrogen) atoms. The van der Waals surface area contributed by atoms with E-state index in [0.29, 0.717) is 5.69 Å². The van der Waals surface area contributed by atoms with Gasteiger partial charge in [0, 0.05) is 13.2 Å². The summed E-state index contributed by atoms with van der Waals surface area (Å²) >= 11 is 0. The van der Waals surface area contributed by atoms with E-state index in [1.54, 1.807) is 18.3 Å². The maximum atomic E-state index is 13.5. The fraction of sp³-hybridized carbons (Fsp3) is 0.0769. The Kier molecular flexibility index (Phi) is 3.32. The lowest BCUT2D eigenvalue weighted by Crippen LogP contribution is -2.27. The molecule has 0 aliphatic heterocycles. The highest BCUT2D eigenvalue weighted by atomic mass is 19.2. The number of anilines is 1. The number of rotatable bonds is 2. The molecular weight excluding hydrogens is 238 g/mol. The maximum absolute atomic E-state index is 13.5. The van der Waals surface area contributed by atoms with Crippen molar-refractivity contribution in [2.24, 2.45) is 0 Å². The van der Waals surface area contributed by atoms with Gasteiger partial charge in [-0.2, -0.15) is 0 Å². The number of amides is 1. The van der Waals surface area contributed by atoms with Crippen LogP contribution in [0.3, 0.4) is 0 Å². The Labute approximate surface area is 103 Å².